The van der Waals surface area contributed by atoms with Crippen LogP contribution in [0.2, 0.25) is 4.24 Å². The van der Waals surface area contributed by atoms with Gasteiger partial charge in [0.05, 0.1) is 0 Å². The zero-order valence-corrected chi connectivity index (χ0v) is 3.53. The number of hydrogen-bond donors (Lipinski definition) is 2. The number of nitrogens with two attached hydrogens (primary N) is 1. The van der Waals surface area contributed by atoms with Gasteiger partial charge in [0.15, 0.2) is 4.24 Å². The standard InChI is InChI=1S/C2H6N2OS/c1-6-4-2(3)5/h1H3,(H3,3,4,5)/i1D3/hD3. The van der Waals surface area contributed by atoms with Crippen molar-refractivity contribution in [3.05, 3.63) is 0 Å². The molecule has 3 nitrogen and oxygen atoms in total. The second-order valence-electron chi connectivity index (χ2n) is 0.465. The van der Waals surface area contributed by atoms with Crippen LogP contribution in [0.15, 0.2) is 0 Å². The molecule has 0 spiro atoms. The van der Waals surface area contributed by atoms with Gasteiger partial charge < -0.3 is 5.72 Å². The molecule has 3 N–H and O–H groups in total. The van der Waals surface area contributed by atoms with E-state index in [1.807, 2.05) is 0 Å². The summed E-state index contributed by atoms with van der Waals surface area (Å²) in [6, 6.07) is -1.34. The van der Waals surface area contributed by atoms with Gasteiger partial charge in [-0.1, -0.05) is 11.9 Å². The van der Waals surface area contributed by atoms with Crippen LogP contribution in [0, 0.1) is 0 Å². The van der Waals surface area contributed by atoms with Gasteiger partial charge >= 0.3 is 6.03 Å². The van der Waals surface area contributed by atoms with Gasteiger partial charge in [-0.25, -0.2) is 4.79 Å². The summed E-state index contributed by atoms with van der Waals surface area (Å²) >= 11 is -0.0381. The molecular weight excluding hydrogens is 100 g/mol. The van der Waals surface area contributed by atoms with Gasteiger partial charge in [0.2, 0.25) is 0 Å². The molecule has 0 unspecified atom stereocenters. The van der Waals surface area contributed by atoms with Crippen molar-refractivity contribution in [2.24, 2.45) is 5.72 Å². The van der Waals surface area contributed by atoms with Gasteiger partial charge in [-0.3, -0.25) is 4.72 Å². The van der Waals surface area contributed by atoms with Crippen molar-refractivity contribution >= 4 is 18.0 Å². The average molecular weight is 112 g/mol. The Morgan fingerprint density at radius 3 is 4.00 bits per heavy atom. The van der Waals surface area contributed by atoms with Crippen molar-refractivity contribution in [3.8, 4) is 0 Å². The van der Waals surface area contributed by atoms with Crippen LogP contribution >= 0.6 is 11.9 Å². The van der Waals surface area contributed by atoms with E-state index in [4.69, 9.17) is 8.35 Å². The number of primary amides is 1. The zero-order valence-electron chi connectivity index (χ0n) is 8.71. The summed E-state index contributed by atoms with van der Waals surface area (Å²) in [5, 5.41) is 0. The number of urea groups is 1. The van der Waals surface area contributed by atoms with E-state index in [0.29, 0.717) is 0 Å². The maximum absolute atomic E-state index is 10.5. The van der Waals surface area contributed by atoms with E-state index in [1.165, 1.54) is 0 Å². The largest absolute Gasteiger partial charge is 0.351 e. The maximum Gasteiger partial charge on any atom is 0.322 e. The molecule has 36 valence electrons. The highest BCUT2D eigenvalue weighted by Crippen LogP contribution is 1.76. The number of carbonyl (C=O) groups is 1. The molecule has 0 radical (unpaired) electrons. The molecule has 0 aromatic carbocycles. The van der Waals surface area contributed by atoms with Crippen molar-refractivity contribution in [2.75, 3.05) is 6.18 Å². The van der Waals surface area contributed by atoms with Crippen LogP contribution in [0.5, 0.6) is 0 Å². The van der Waals surface area contributed by atoms with Crippen molar-refractivity contribution in [1.82, 2.24) is 4.72 Å². The highest BCUT2D eigenvalue weighted by Gasteiger charge is 1.80. The fraction of sp³-hybridized carbons (Fsp3) is 0.500. The molecule has 0 heterocycles. The third-order valence-electron chi connectivity index (χ3n) is 0.124. The van der Waals surface area contributed by atoms with Crippen LogP contribution in [0.25, 0.3) is 0 Å². The molecule has 0 bridgehead atoms. The minimum absolute atomic E-state index is 0.0347. The molecule has 0 aromatic rings. The lowest BCUT2D eigenvalue weighted by Gasteiger charge is -1.87. The first-order valence-electron chi connectivity index (χ1n) is 3.88. The van der Waals surface area contributed by atoms with E-state index in [0.717, 1.165) is 0 Å². The van der Waals surface area contributed by atoms with E-state index in [2.05, 4.69) is 0 Å². The molecular formula is C2H6N2OS. The predicted molar refractivity (Wildman–Crippen MR) is 26.2 cm³/mol. The molecule has 0 aromatic heterocycles. The second-order valence-corrected chi connectivity index (χ2v) is 0.830. The summed E-state index contributed by atoms with van der Waals surface area (Å²) in [7, 11) is 0. The number of nitrogens with one attached hydrogen (secondary N) is 1. The molecule has 0 aliphatic carbocycles. The van der Waals surface area contributed by atoms with Gasteiger partial charge in [0.1, 0.15) is 0 Å². The van der Waals surface area contributed by atoms with E-state index < -0.39 is 12.2 Å². The van der Waals surface area contributed by atoms with Gasteiger partial charge in [0.25, 0.3) is 0 Å². The van der Waals surface area contributed by atoms with E-state index in [1.54, 1.807) is 0 Å². The van der Waals surface area contributed by atoms with Crippen LogP contribution in [-0.2, 0) is 0 Å². The highest BCUT2D eigenvalue weighted by atomic mass is 32.2. The molecule has 0 rings (SSSR count). The quantitative estimate of drug-likeness (QED) is 0.467. The summed E-state index contributed by atoms with van der Waals surface area (Å²) in [6.45, 7) is 0. The first kappa shape index (κ1) is 1.06. The Bertz CT molecular complexity index is 169. The van der Waals surface area contributed by atoms with Gasteiger partial charge in [-0.05, 0) is 0 Å². The topological polar surface area (TPSA) is 55.1 Å². The summed E-state index contributed by atoms with van der Waals surface area (Å²) in [4.78, 5) is 10.5. The predicted octanol–water partition coefficient (Wildman–Crippen LogP) is -0.0673. The molecule has 2 amide bonds. The van der Waals surface area contributed by atoms with Crippen LogP contribution in [0.3, 0.4) is 0 Å². The maximum atomic E-state index is 10.5. The van der Waals surface area contributed by atoms with Crippen molar-refractivity contribution in [1.29, 1.82) is 0 Å². The Hall–Kier alpha value is -0.380. The Labute approximate surface area is 49.0 Å². The smallest absolute Gasteiger partial charge is 0.322 e. The van der Waals surface area contributed by atoms with Gasteiger partial charge in [-0.15, -0.1) is 0 Å². The number of hydrogen-bond acceptors (Lipinski definition) is 2. The third-order valence-corrected chi connectivity index (χ3v) is 0.371. The summed E-state index contributed by atoms with van der Waals surface area (Å²) < 4.78 is 39.5. The lowest BCUT2D eigenvalue weighted by atomic mass is 11.2. The van der Waals surface area contributed by atoms with E-state index in [-0.39, 0.29) is 22.4 Å². The van der Waals surface area contributed by atoms with E-state index >= 15 is 0 Å². The number of amides is 2. The Balaban J connectivity index is 4.05. The van der Waals surface area contributed by atoms with Crippen LogP contribution in [0.4, 0.5) is 4.79 Å². The Morgan fingerprint density at radius 2 is 3.50 bits per heavy atom. The average Bonchev–Trinajstić information content (AvgIpc) is 1.82. The lowest BCUT2D eigenvalue weighted by Crippen LogP contribution is -2.22. The lowest BCUT2D eigenvalue weighted by molar-refractivity contribution is 0.254. The van der Waals surface area contributed by atoms with Crippen LogP contribution in [-0.4, -0.2) is 12.2 Å². The first-order chi connectivity index (χ1) is 5.24. The highest BCUT2D eigenvalue weighted by molar-refractivity contribution is 7.97. The molecule has 0 saturated carbocycles. The van der Waals surface area contributed by atoms with Gasteiger partial charge in [0, 0.05) is 10.3 Å². The zero-order chi connectivity index (χ0) is 9.94. The fourth-order valence-electron chi connectivity index (χ4n) is 0.0390. The summed E-state index contributed by atoms with van der Waals surface area (Å²) in [6.07, 6.45) is -2.52. The van der Waals surface area contributed by atoms with E-state index in [9.17, 15) is 4.79 Å². The molecule has 0 atom stereocenters. The fourth-order valence-corrected chi connectivity index (χ4v) is 0.117. The molecule has 4 heteroatoms. The monoisotopic (exact) mass is 112 g/mol. The van der Waals surface area contributed by atoms with Crippen molar-refractivity contribution < 1.29 is 13.1 Å². The minimum atomic E-state index is -2.52. The Morgan fingerprint density at radius 1 is 2.67 bits per heavy atom. The number of rotatable bonds is 1. The Kier molecular flexibility index (Phi) is 0.503. The SMILES string of the molecule is [2H]N([2H])C(=O)N([2H])SC([2H])([2H])[2H]. The van der Waals surface area contributed by atoms with Crippen molar-refractivity contribution in [3.63, 3.8) is 0 Å². The molecule has 0 aliphatic rings. The molecule has 0 aliphatic heterocycles. The molecule has 0 fully saturated rings. The summed E-state index contributed by atoms with van der Waals surface area (Å²) in [5.74, 6) is 0. The van der Waals surface area contributed by atoms with Crippen molar-refractivity contribution in [2.45, 2.75) is 0 Å². The van der Waals surface area contributed by atoms with Crippen LogP contribution < -0.4 is 10.4 Å². The third kappa shape index (κ3) is 3.62. The molecule has 0 saturated heterocycles. The normalized spacial score (nSPS) is 23.3. The molecule has 6 heavy (non-hydrogen) atoms. The summed E-state index contributed by atoms with van der Waals surface area (Å²) in [5.41, 5.74) is -0.369. The van der Waals surface area contributed by atoms with Crippen LogP contribution in [0.1, 0.15) is 4.11 Å². The minimum Gasteiger partial charge on any atom is -0.351 e. The number of carbonyl (C=O) groups excluding carboxylic acids is 1. The van der Waals surface area contributed by atoms with Gasteiger partial charge in [-0.2, -0.15) is 0 Å². The second kappa shape index (κ2) is 2.84. The first-order valence-corrected chi connectivity index (χ1v) is 1.81.